The minimum atomic E-state index is -0.646. The smallest absolute Gasteiger partial charge is 0.191 e. The molecule has 1 saturated heterocycles. The molecule has 0 spiro atoms. The first kappa shape index (κ1) is 20.1. The number of nitrogens with one attached hydrogen (secondary N) is 2. The Hall–Kier alpha value is -2.60. The number of anilines is 1. The number of rotatable bonds is 7. The maximum atomic E-state index is 10.4. The number of aliphatic imine (C=N–C) groups is 1. The molecule has 0 radical (unpaired) electrons. The summed E-state index contributed by atoms with van der Waals surface area (Å²) in [6.45, 7) is 7.51. The molecule has 0 saturated carbocycles. The number of aliphatic hydroxyl groups excluding tert-OH is 1. The second-order valence-corrected chi connectivity index (χ2v) is 7.17. The van der Waals surface area contributed by atoms with Crippen molar-refractivity contribution in [2.75, 3.05) is 31.1 Å². The maximum absolute atomic E-state index is 10.4. The van der Waals surface area contributed by atoms with Crippen molar-refractivity contribution in [3.05, 3.63) is 59.9 Å². The molecule has 150 valence electrons. The topological polar surface area (TPSA) is 72.8 Å². The second kappa shape index (κ2) is 10.1. The molecule has 2 atom stereocenters. The van der Waals surface area contributed by atoms with Crippen molar-refractivity contribution in [3.63, 3.8) is 0 Å². The molecule has 3 rings (SSSR count). The van der Waals surface area contributed by atoms with Gasteiger partial charge in [0.05, 0.1) is 18.7 Å². The summed E-state index contributed by atoms with van der Waals surface area (Å²) in [7, 11) is 0. The summed E-state index contributed by atoms with van der Waals surface area (Å²) in [5.74, 6) is 0.703. The van der Waals surface area contributed by atoms with Gasteiger partial charge in [0.2, 0.25) is 0 Å². The Morgan fingerprint density at radius 1 is 1.18 bits per heavy atom. The first-order chi connectivity index (χ1) is 13.7. The van der Waals surface area contributed by atoms with Crippen molar-refractivity contribution in [1.29, 1.82) is 0 Å². The van der Waals surface area contributed by atoms with Crippen LogP contribution in [0.1, 0.15) is 50.0 Å². The van der Waals surface area contributed by atoms with Gasteiger partial charge in [0.1, 0.15) is 0 Å². The lowest BCUT2D eigenvalue weighted by Gasteiger charge is -2.22. The number of hydrogen-bond acceptors (Lipinski definition) is 4. The summed E-state index contributed by atoms with van der Waals surface area (Å²) in [6.07, 6.45) is 5.26. The molecule has 0 aliphatic carbocycles. The first-order valence-electron chi connectivity index (χ1n) is 10.1. The van der Waals surface area contributed by atoms with Crippen LogP contribution in [0.5, 0.6) is 0 Å². The van der Waals surface area contributed by atoms with Gasteiger partial charge in [0.15, 0.2) is 5.96 Å². The highest BCUT2D eigenvalue weighted by Crippen LogP contribution is 2.24. The summed E-state index contributed by atoms with van der Waals surface area (Å²) in [6, 6.07) is 12.5. The van der Waals surface area contributed by atoms with E-state index < -0.39 is 6.10 Å². The van der Waals surface area contributed by atoms with Crippen LogP contribution < -0.4 is 15.5 Å². The van der Waals surface area contributed by atoms with E-state index in [1.54, 1.807) is 12.4 Å². The number of hydrogen-bond donors (Lipinski definition) is 3. The molecular weight excluding hydrogens is 350 g/mol. The molecule has 28 heavy (non-hydrogen) atoms. The predicted molar refractivity (Wildman–Crippen MR) is 115 cm³/mol. The average Bonchev–Trinajstić information content (AvgIpc) is 3.27. The van der Waals surface area contributed by atoms with Crippen LogP contribution in [0, 0.1) is 0 Å². The lowest BCUT2D eigenvalue weighted by atomic mass is 10.1. The molecule has 1 aromatic heterocycles. The van der Waals surface area contributed by atoms with Crippen LogP contribution >= 0.6 is 0 Å². The zero-order valence-corrected chi connectivity index (χ0v) is 16.8. The standard InChI is InChI=1S/C22H31N5O/c1-3-24-22(25-16-21(28)18-9-11-23-12-10-18)26-17(2)19-7-6-8-20(15-19)27-13-4-5-14-27/h6-12,15,17,21,28H,3-5,13-14,16H2,1-2H3,(H2,24,25,26). The molecule has 2 heterocycles. The van der Waals surface area contributed by atoms with E-state index in [4.69, 9.17) is 0 Å². The van der Waals surface area contributed by atoms with E-state index >= 15 is 0 Å². The van der Waals surface area contributed by atoms with Gasteiger partial charge in [-0.25, -0.2) is 0 Å². The lowest BCUT2D eigenvalue weighted by Crippen LogP contribution is -2.39. The van der Waals surface area contributed by atoms with Gasteiger partial charge in [-0.05, 0) is 62.1 Å². The molecule has 0 bridgehead atoms. The lowest BCUT2D eigenvalue weighted by molar-refractivity contribution is 0.187. The third kappa shape index (κ3) is 5.45. The normalized spacial score (nSPS) is 16.7. The number of benzene rings is 1. The predicted octanol–water partition coefficient (Wildman–Crippen LogP) is 3.03. The molecule has 6 heteroatoms. The van der Waals surface area contributed by atoms with Gasteiger partial charge in [-0.15, -0.1) is 0 Å². The maximum Gasteiger partial charge on any atom is 0.191 e. The Kier molecular flexibility index (Phi) is 7.25. The Morgan fingerprint density at radius 3 is 2.64 bits per heavy atom. The van der Waals surface area contributed by atoms with Crippen LogP contribution in [-0.2, 0) is 0 Å². The van der Waals surface area contributed by atoms with Crippen molar-refractivity contribution >= 4 is 11.6 Å². The SMILES string of the molecule is CCNC(=NCC(O)c1ccncc1)NC(C)c1cccc(N2CCCC2)c1. The highest BCUT2D eigenvalue weighted by atomic mass is 16.3. The number of aromatic nitrogens is 1. The fourth-order valence-corrected chi connectivity index (χ4v) is 3.44. The summed E-state index contributed by atoms with van der Waals surface area (Å²) in [4.78, 5) is 11.0. The monoisotopic (exact) mass is 381 g/mol. The summed E-state index contributed by atoms with van der Waals surface area (Å²) < 4.78 is 0. The molecule has 1 fully saturated rings. The molecule has 2 aromatic rings. The van der Waals surface area contributed by atoms with Gasteiger partial charge in [0.25, 0.3) is 0 Å². The van der Waals surface area contributed by atoms with Crippen LogP contribution in [0.15, 0.2) is 53.8 Å². The van der Waals surface area contributed by atoms with Crippen molar-refractivity contribution in [2.45, 2.75) is 38.8 Å². The zero-order valence-electron chi connectivity index (χ0n) is 16.8. The van der Waals surface area contributed by atoms with Crippen molar-refractivity contribution in [2.24, 2.45) is 4.99 Å². The van der Waals surface area contributed by atoms with E-state index in [2.05, 4.69) is 56.7 Å². The summed E-state index contributed by atoms with van der Waals surface area (Å²) in [5, 5.41) is 17.1. The first-order valence-corrected chi connectivity index (χ1v) is 10.1. The van der Waals surface area contributed by atoms with Crippen molar-refractivity contribution in [3.8, 4) is 0 Å². The van der Waals surface area contributed by atoms with E-state index in [1.165, 1.54) is 24.1 Å². The van der Waals surface area contributed by atoms with Gasteiger partial charge >= 0.3 is 0 Å². The Labute approximate surface area is 167 Å². The average molecular weight is 382 g/mol. The fraction of sp³-hybridized carbons (Fsp3) is 0.455. The Balaban J connectivity index is 1.65. The molecule has 1 aliphatic heterocycles. The molecule has 2 unspecified atom stereocenters. The second-order valence-electron chi connectivity index (χ2n) is 7.17. The molecule has 3 N–H and O–H groups in total. The van der Waals surface area contributed by atoms with E-state index in [0.717, 1.165) is 25.2 Å². The van der Waals surface area contributed by atoms with Crippen LogP contribution in [0.25, 0.3) is 0 Å². The number of nitrogens with zero attached hydrogens (tertiary/aromatic N) is 3. The largest absolute Gasteiger partial charge is 0.386 e. The quantitative estimate of drug-likeness (QED) is 0.508. The van der Waals surface area contributed by atoms with E-state index in [1.807, 2.05) is 19.1 Å². The van der Waals surface area contributed by atoms with Gasteiger partial charge in [-0.3, -0.25) is 9.98 Å². The Morgan fingerprint density at radius 2 is 1.93 bits per heavy atom. The number of aliphatic hydroxyl groups is 1. The van der Waals surface area contributed by atoms with Crippen LogP contribution in [-0.4, -0.2) is 42.2 Å². The summed E-state index contributed by atoms with van der Waals surface area (Å²) >= 11 is 0. The molecule has 1 aliphatic rings. The van der Waals surface area contributed by atoms with Crippen molar-refractivity contribution < 1.29 is 5.11 Å². The Bertz CT molecular complexity index is 759. The van der Waals surface area contributed by atoms with Gasteiger partial charge < -0.3 is 20.6 Å². The van der Waals surface area contributed by atoms with Crippen LogP contribution in [0.3, 0.4) is 0 Å². The molecular formula is C22H31N5O. The fourth-order valence-electron chi connectivity index (χ4n) is 3.44. The minimum Gasteiger partial charge on any atom is -0.386 e. The third-order valence-corrected chi connectivity index (χ3v) is 5.05. The number of pyridine rings is 1. The highest BCUT2D eigenvalue weighted by molar-refractivity contribution is 5.80. The minimum absolute atomic E-state index is 0.110. The highest BCUT2D eigenvalue weighted by Gasteiger charge is 2.15. The van der Waals surface area contributed by atoms with E-state index in [-0.39, 0.29) is 6.04 Å². The van der Waals surface area contributed by atoms with E-state index in [0.29, 0.717) is 12.5 Å². The van der Waals surface area contributed by atoms with Crippen molar-refractivity contribution in [1.82, 2.24) is 15.6 Å². The molecule has 1 aromatic carbocycles. The molecule has 6 nitrogen and oxygen atoms in total. The summed E-state index contributed by atoms with van der Waals surface area (Å²) in [5.41, 5.74) is 3.34. The van der Waals surface area contributed by atoms with Gasteiger partial charge in [-0.1, -0.05) is 12.1 Å². The zero-order chi connectivity index (χ0) is 19.8. The van der Waals surface area contributed by atoms with Gasteiger partial charge in [-0.2, -0.15) is 0 Å². The van der Waals surface area contributed by atoms with Crippen LogP contribution in [0.2, 0.25) is 0 Å². The van der Waals surface area contributed by atoms with Gasteiger partial charge in [0, 0.05) is 37.7 Å². The van der Waals surface area contributed by atoms with Crippen LogP contribution in [0.4, 0.5) is 5.69 Å². The third-order valence-electron chi connectivity index (χ3n) is 5.05. The molecule has 0 amide bonds. The van der Waals surface area contributed by atoms with E-state index in [9.17, 15) is 5.11 Å². The number of guanidine groups is 1.